The molecule has 0 aliphatic rings. The highest BCUT2D eigenvalue weighted by atomic mass is 127. The first kappa shape index (κ1) is 15.2. The number of carboxylic acid groups (broad SMARTS) is 1. The summed E-state index contributed by atoms with van der Waals surface area (Å²) in [4.78, 5) is 16.2. The van der Waals surface area contributed by atoms with Crippen LogP contribution in [0.2, 0.25) is 0 Å². The lowest BCUT2D eigenvalue weighted by atomic mass is 10.3. The molecule has 0 radical (unpaired) electrons. The van der Waals surface area contributed by atoms with Crippen LogP contribution in [0.25, 0.3) is 0 Å². The molecule has 1 N–H and O–H groups in total. The molecule has 1 amide bonds. The Morgan fingerprint density at radius 1 is 1.39 bits per heavy atom. The summed E-state index contributed by atoms with van der Waals surface area (Å²) in [6.45, 7) is 2.52. The third-order valence-corrected chi connectivity index (χ3v) is 3.33. The average Bonchev–Trinajstić information content (AvgIpc) is 2.38. The van der Waals surface area contributed by atoms with E-state index in [1.54, 1.807) is 24.3 Å². The summed E-state index contributed by atoms with van der Waals surface area (Å²) in [6.07, 6.45) is -1.01. The van der Waals surface area contributed by atoms with Gasteiger partial charge in [-0.25, -0.2) is 4.79 Å². The normalized spacial score (nSPS) is 12.1. The number of benzene rings is 1. The number of alkyl halides is 1. The highest BCUT2D eigenvalue weighted by Crippen LogP contribution is 2.13. The molecule has 0 spiro atoms. The van der Waals surface area contributed by atoms with Gasteiger partial charge in [-0.05, 0) is 19.1 Å². The third-order valence-electron chi connectivity index (χ3n) is 2.09. The van der Waals surface area contributed by atoms with E-state index in [0.29, 0.717) is 12.3 Å². The largest absolute Gasteiger partial charge is 0.463 e. The number of hydroxylamine groups is 1. The van der Waals surface area contributed by atoms with Gasteiger partial charge in [0.25, 0.3) is 0 Å². The van der Waals surface area contributed by atoms with Crippen LogP contribution in [0.4, 0.5) is 10.5 Å². The zero-order valence-electron chi connectivity index (χ0n) is 10.1. The number of carbonyl (C=O) groups is 1. The minimum atomic E-state index is -1.15. The maximum absolute atomic E-state index is 11.0. The van der Waals surface area contributed by atoms with Crippen LogP contribution >= 0.6 is 22.6 Å². The van der Waals surface area contributed by atoms with E-state index in [4.69, 9.17) is 14.7 Å². The van der Waals surface area contributed by atoms with Crippen LogP contribution in [-0.4, -0.2) is 34.9 Å². The molecule has 1 atom stereocenters. The average molecular weight is 365 g/mol. The molecule has 0 saturated heterocycles. The lowest BCUT2D eigenvalue weighted by Gasteiger charge is -2.19. The smallest absolute Gasteiger partial charge is 0.436 e. The van der Waals surface area contributed by atoms with Crippen LogP contribution in [0.3, 0.4) is 0 Å². The second-order valence-electron chi connectivity index (χ2n) is 3.58. The first-order chi connectivity index (χ1) is 8.65. The van der Waals surface area contributed by atoms with Crippen LogP contribution in [0.15, 0.2) is 30.3 Å². The summed E-state index contributed by atoms with van der Waals surface area (Å²) in [7, 11) is 0. The first-order valence-corrected chi connectivity index (χ1v) is 7.06. The molecule has 1 rings (SSSR count). The summed E-state index contributed by atoms with van der Waals surface area (Å²) < 4.78 is 6.29. The molecule has 0 aliphatic carbocycles. The van der Waals surface area contributed by atoms with E-state index in [9.17, 15) is 4.79 Å². The maximum atomic E-state index is 11.0. The van der Waals surface area contributed by atoms with Gasteiger partial charge in [0, 0.05) is 4.43 Å². The van der Waals surface area contributed by atoms with E-state index in [1.165, 1.54) is 0 Å². The van der Waals surface area contributed by atoms with Gasteiger partial charge in [0.1, 0.15) is 0 Å². The summed E-state index contributed by atoms with van der Waals surface area (Å²) in [5.41, 5.74) is 0.479. The van der Waals surface area contributed by atoms with Gasteiger partial charge in [-0.3, -0.25) is 4.84 Å². The fourth-order valence-electron chi connectivity index (χ4n) is 1.23. The summed E-state index contributed by atoms with van der Waals surface area (Å²) >= 11 is 2.23. The van der Waals surface area contributed by atoms with Gasteiger partial charge in [0.2, 0.25) is 0 Å². The van der Waals surface area contributed by atoms with Crippen molar-refractivity contribution in [1.82, 2.24) is 0 Å². The zero-order valence-corrected chi connectivity index (χ0v) is 12.2. The van der Waals surface area contributed by atoms with Crippen LogP contribution in [0, 0.1) is 0 Å². The van der Waals surface area contributed by atoms with Gasteiger partial charge in [0.05, 0.1) is 25.0 Å². The van der Waals surface area contributed by atoms with Crippen molar-refractivity contribution in [2.75, 3.05) is 22.7 Å². The molecule has 5 nitrogen and oxygen atoms in total. The van der Waals surface area contributed by atoms with E-state index in [0.717, 1.165) is 9.49 Å². The Hall–Kier alpha value is -0.860. The fraction of sp³-hybridized carbons (Fsp3) is 0.417. The third kappa shape index (κ3) is 5.19. The molecule has 1 aromatic carbocycles. The number of hydrogen-bond donors (Lipinski definition) is 1. The predicted octanol–water partition coefficient (Wildman–Crippen LogP) is 2.94. The first-order valence-electron chi connectivity index (χ1n) is 5.53. The molecular formula is C12H16INO4. The molecule has 1 aromatic rings. The van der Waals surface area contributed by atoms with Crippen molar-refractivity contribution >= 4 is 34.4 Å². The van der Waals surface area contributed by atoms with Crippen LogP contribution in [0.5, 0.6) is 0 Å². The second-order valence-corrected chi connectivity index (χ2v) is 4.46. The number of amides is 1. The van der Waals surface area contributed by atoms with Gasteiger partial charge in [-0.1, -0.05) is 40.8 Å². The van der Waals surface area contributed by atoms with Crippen molar-refractivity contribution in [2.45, 2.75) is 13.0 Å². The Bertz CT molecular complexity index is 360. The van der Waals surface area contributed by atoms with E-state index >= 15 is 0 Å². The molecule has 0 aliphatic heterocycles. The van der Waals surface area contributed by atoms with Crippen molar-refractivity contribution < 1.29 is 19.5 Å². The highest BCUT2D eigenvalue weighted by Gasteiger charge is 2.14. The second kappa shape index (κ2) is 8.28. The molecule has 0 heterocycles. The summed E-state index contributed by atoms with van der Waals surface area (Å²) in [5, 5.41) is 9.89. The Balaban J connectivity index is 2.43. The quantitative estimate of drug-likeness (QED) is 0.349. The minimum absolute atomic E-state index is 0.143. The number of ether oxygens (including phenoxy) is 1. The highest BCUT2D eigenvalue weighted by molar-refractivity contribution is 14.1. The molecule has 18 heavy (non-hydrogen) atoms. The van der Waals surface area contributed by atoms with E-state index in [2.05, 4.69) is 22.6 Å². The Morgan fingerprint density at radius 2 is 2.06 bits per heavy atom. The van der Waals surface area contributed by atoms with Crippen molar-refractivity contribution in [3.8, 4) is 0 Å². The SMILES string of the molecule is CC(CI)OCCON(C(=O)O)c1ccccc1. The Kier molecular flexibility index (Phi) is 6.99. The standard InChI is InChI=1S/C12H16INO4/c1-10(9-13)17-7-8-18-14(12(15)16)11-5-3-2-4-6-11/h2-6,10H,7-9H2,1H3,(H,15,16). The van der Waals surface area contributed by atoms with E-state index in [1.807, 2.05) is 13.0 Å². The molecule has 0 fully saturated rings. The van der Waals surface area contributed by atoms with Crippen LogP contribution in [-0.2, 0) is 9.57 Å². The number of anilines is 1. The Labute approximate surface area is 120 Å². The molecule has 0 saturated carbocycles. The Morgan fingerprint density at radius 3 is 2.61 bits per heavy atom. The molecule has 0 aromatic heterocycles. The number of rotatable bonds is 7. The van der Waals surface area contributed by atoms with E-state index < -0.39 is 6.09 Å². The zero-order chi connectivity index (χ0) is 13.4. The predicted molar refractivity (Wildman–Crippen MR) is 77.2 cm³/mol. The van der Waals surface area contributed by atoms with Crippen molar-refractivity contribution in [1.29, 1.82) is 0 Å². The van der Waals surface area contributed by atoms with Gasteiger partial charge in [0.15, 0.2) is 0 Å². The molecule has 0 bridgehead atoms. The van der Waals surface area contributed by atoms with Crippen LogP contribution < -0.4 is 5.06 Å². The molecular weight excluding hydrogens is 349 g/mol. The molecule has 1 unspecified atom stereocenters. The van der Waals surface area contributed by atoms with Gasteiger partial charge in [-0.15, -0.1) is 0 Å². The molecule has 6 heteroatoms. The van der Waals surface area contributed by atoms with Gasteiger partial charge >= 0.3 is 6.09 Å². The van der Waals surface area contributed by atoms with Gasteiger partial charge in [-0.2, -0.15) is 5.06 Å². The lowest BCUT2D eigenvalue weighted by molar-refractivity contribution is 0.0152. The van der Waals surface area contributed by atoms with Crippen molar-refractivity contribution in [3.63, 3.8) is 0 Å². The van der Waals surface area contributed by atoms with Crippen LogP contribution in [0.1, 0.15) is 6.92 Å². The number of nitrogens with zero attached hydrogens (tertiary/aromatic N) is 1. The topological polar surface area (TPSA) is 59.0 Å². The number of hydrogen-bond acceptors (Lipinski definition) is 3. The number of halogens is 1. The minimum Gasteiger partial charge on any atom is -0.463 e. The fourth-order valence-corrected chi connectivity index (χ4v) is 1.48. The lowest BCUT2D eigenvalue weighted by Crippen LogP contribution is -2.31. The summed E-state index contributed by atoms with van der Waals surface area (Å²) in [5.74, 6) is 0. The maximum Gasteiger partial charge on any atom is 0.436 e. The number of para-hydroxylation sites is 1. The monoisotopic (exact) mass is 365 g/mol. The summed E-state index contributed by atoms with van der Waals surface area (Å²) in [6, 6.07) is 8.66. The van der Waals surface area contributed by atoms with Gasteiger partial charge < -0.3 is 9.84 Å². The van der Waals surface area contributed by atoms with Crippen molar-refractivity contribution in [3.05, 3.63) is 30.3 Å². The van der Waals surface area contributed by atoms with E-state index in [-0.39, 0.29) is 12.7 Å². The van der Waals surface area contributed by atoms with Crippen molar-refractivity contribution in [2.24, 2.45) is 0 Å². The molecule has 100 valence electrons.